The van der Waals surface area contributed by atoms with Gasteiger partial charge in [-0.25, -0.2) is 0 Å². The van der Waals surface area contributed by atoms with Crippen LogP contribution in [0.4, 0.5) is 0 Å². The molecule has 17 heavy (non-hydrogen) atoms. The standard InChI is InChI=1S/C13H18ClNOS/c14-10-6-8-11(9-7-10)17(16)13-5-3-1-2-4-12(13)15/h6-9,12-13H,1-5,15H2. The summed E-state index contributed by atoms with van der Waals surface area (Å²) >= 11 is 5.83. The maximum atomic E-state index is 12.5. The predicted octanol–water partition coefficient (Wildman–Crippen LogP) is 3.11. The van der Waals surface area contributed by atoms with E-state index in [9.17, 15) is 4.21 Å². The van der Waals surface area contributed by atoms with Crippen molar-refractivity contribution < 1.29 is 4.21 Å². The van der Waals surface area contributed by atoms with E-state index in [4.69, 9.17) is 17.3 Å². The Bertz CT molecular complexity index is 393. The Labute approximate surface area is 110 Å². The summed E-state index contributed by atoms with van der Waals surface area (Å²) in [4.78, 5) is 0.844. The summed E-state index contributed by atoms with van der Waals surface area (Å²) in [7, 11) is -1.00. The van der Waals surface area contributed by atoms with Crippen LogP contribution in [0.3, 0.4) is 0 Å². The molecule has 1 aromatic carbocycles. The molecular weight excluding hydrogens is 254 g/mol. The first-order valence-corrected chi connectivity index (χ1v) is 7.69. The van der Waals surface area contributed by atoms with E-state index in [2.05, 4.69) is 0 Å². The Hall–Kier alpha value is -0.380. The van der Waals surface area contributed by atoms with E-state index >= 15 is 0 Å². The molecule has 0 aromatic heterocycles. The van der Waals surface area contributed by atoms with Gasteiger partial charge in [-0.2, -0.15) is 0 Å². The first kappa shape index (κ1) is 13.1. The van der Waals surface area contributed by atoms with E-state index < -0.39 is 10.8 Å². The van der Waals surface area contributed by atoms with Crippen molar-refractivity contribution in [1.29, 1.82) is 0 Å². The maximum Gasteiger partial charge on any atom is 0.0576 e. The van der Waals surface area contributed by atoms with E-state index in [-0.39, 0.29) is 11.3 Å². The van der Waals surface area contributed by atoms with E-state index in [1.54, 1.807) is 12.1 Å². The van der Waals surface area contributed by atoms with Crippen molar-refractivity contribution in [3.8, 4) is 0 Å². The number of hydrogen-bond acceptors (Lipinski definition) is 2. The molecule has 94 valence electrons. The predicted molar refractivity (Wildman–Crippen MR) is 72.7 cm³/mol. The van der Waals surface area contributed by atoms with Crippen LogP contribution < -0.4 is 5.73 Å². The molecule has 1 aliphatic carbocycles. The molecule has 0 spiro atoms. The minimum atomic E-state index is -1.00. The van der Waals surface area contributed by atoms with Gasteiger partial charge < -0.3 is 5.73 Å². The van der Waals surface area contributed by atoms with Crippen LogP contribution in [0, 0.1) is 0 Å². The Kier molecular flexibility index (Phi) is 4.60. The van der Waals surface area contributed by atoms with Gasteiger partial charge in [0.15, 0.2) is 0 Å². The Morgan fingerprint density at radius 1 is 1.12 bits per heavy atom. The Morgan fingerprint density at radius 3 is 2.47 bits per heavy atom. The molecule has 1 fully saturated rings. The summed E-state index contributed by atoms with van der Waals surface area (Å²) in [6.45, 7) is 0. The van der Waals surface area contributed by atoms with Crippen molar-refractivity contribution in [2.45, 2.75) is 48.3 Å². The first-order valence-electron chi connectivity index (χ1n) is 6.10. The van der Waals surface area contributed by atoms with Crippen LogP contribution in [-0.2, 0) is 10.8 Å². The second-order valence-electron chi connectivity index (χ2n) is 4.59. The summed E-state index contributed by atoms with van der Waals surface area (Å²) in [5.74, 6) is 0. The lowest BCUT2D eigenvalue weighted by Gasteiger charge is -2.20. The quantitative estimate of drug-likeness (QED) is 0.840. The smallest absolute Gasteiger partial charge is 0.0576 e. The van der Waals surface area contributed by atoms with E-state index in [0.29, 0.717) is 5.02 Å². The number of nitrogens with two attached hydrogens (primary N) is 1. The fourth-order valence-electron chi connectivity index (χ4n) is 2.31. The third kappa shape index (κ3) is 3.30. The van der Waals surface area contributed by atoms with Crippen molar-refractivity contribution in [2.24, 2.45) is 5.73 Å². The summed E-state index contributed by atoms with van der Waals surface area (Å²) in [6, 6.07) is 7.33. The molecule has 0 amide bonds. The van der Waals surface area contributed by atoms with Gasteiger partial charge in [0.2, 0.25) is 0 Å². The lowest BCUT2D eigenvalue weighted by atomic mass is 10.1. The SMILES string of the molecule is NC1CCCCCC1S(=O)c1ccc(Cl)cc1. The van der Waals surface area contributed by atoms with Gasteiger partial charge in [-0.3, -0.25) is 4.21 Å². The topological polar surface area (TPSA) is 43.1 Å². The normalized spacial score (nSPS) is 27.4. The molecule has 1 aromatic rings. The zero-order valence-electron chi connectivity index (χ0n) is 9.77. The van der Waals surface area contributed by atoms with Crippen molar-refractivity contribution in [3.63, 3.8) is 0 Å². The van der Waals surface area contributed by atoms with Crippen LogP contribution in [0.15, 0.2) is 29.2 Å². The van der Waals surface area contributed by atoms with Crippen LogP contribution in [0.1, 0.15) is 32.1 Å². The summed E-state index contributed by atoms with van der Waals surface area (Å²) < 4.78 is 12.5. The number of rotatable bonds is 2. The van der Waals surface area contributed by atoms with Crippen LogP contribution in [0.25, 0.3) is 0 Å². The molecule has 3 unspecified atom stereocenters. The van der Waals surface area contributed by atoms with Gasteiger partial charge in [-0.15, -0.1) is 0 Å². The minimum absolute atomic E-state index is 0.0639. The third-order valence-electron chi connectivity index (χ3n) is 3.32. The highest BCUT2D eigenvalue weighted by atomic mass is 35.5. The molecule has 0 heterocycles. The van der Waals surface area contributed by atoms with Gasteiger partial charge in [0.1, 0.15) is 0 Å². The highest BCUT2D eigenvalue weighted by molar-refractivity contribution is 7.85. The second-order valence-corrected chi connectivity index (χ2v) is 6.70. The molecule has 0 aliphatic heterocycles. The van der Waals surface area contributed by atoms with E-state index in [1.807, 2.05) is 12.1 Å². The molecule has 0 bridgehead atoms. The zero-order valence-corrected chi connectivity index (χ0v) is 11.3. The summed E-state index contributed by atoms with van der Waals surface area (Å²) in [6.07, 6.45) is 5.47. The van der Waals surface area contributed by atoms with Crippen molar-refractivity contribution in [3.05, 3.63) is 29.3 Å². The van der Waals surface area contributed by atoms with Crippen molar-refractivity contribution in [1.82, 2.24) is 0 Å². The van der Waals surface area contributed by atoms with Crippen LogP contribution in [-0.4, -0.2) is 15.5 Å². The second kappa shape index (κ2) is 5.98. The number of benzene rings is 1. The molecule has 1 saturated carbocycles. The largest absolute Gasteiger partial charge is 0.327 e. The van der Waals surface area contributed by atoms with Crippen LogP contribution in [0.2, 0.25) is 5.02 Å². The van der Waals surface area contributed by atoms with Gasteiger partial charge in [0, 0.05) is 16.0 Å². The minimum Gasteiger partial charge on any atom is -0.327 e. The highest BCUT2D eigenvalue weighted by Crippen LogP contribution is 2.25. The summed E-state index contributed by atoms with van der Waals surface area (Å²) in [5, 5.41) is 0.773. The highest BCUT2D eigenvalue weighted by Gasteiger charge is 2.26. The molecule has 4 heteroatoms. The molecule has 2 rings (SSSR count). The van der Waals surface area contributed by atoms with Gasteiger partial charge in [-0.05, 0) is 37.1 Å². The Morgan fingerprint density at radius 2 is 1.76 bits per heavy atom. The van der Waals surface area contributed by atoms with Gasteiger partial charge in [-0.1, -0.05) is 30.9 Å². The molecule has 2 N–H and O–H groups in total. The van der Waals surface area contributed by atoms with E-state index in [0.717, 1.165) is 30.6 Å². The fourth-order valence-corrected chi connectivity index (χ4v) is 4.03. The summed E-state index contributed by atoms with van der Waals surface area (Å²) in [5.41, 5.74) is 6.13. The monoisotopic (exact) mass is 271 g/mol. The van der Waals surface area contributed by atoms with Gasteiger partial charge in [0.05, 0.1) is 16.0 Å². The zero-order chi connectivity index (χ0) is 12.3. The maximum absolute atomic E-state index is 12.5. The van der Waals surface area contributed by atoms with Crippen LogP contribution in [0.5, 0.6) is 0 Å². The fraction of sp³-hybridized carbons (Fsp3) is 0.538. The van der Waals surface area contributed by atoms with Gasteiger partial charge >= 0.3 is 0 Å². The lowest BCUT2D eigenvalue weighted by Crippen LogP contribution is -2.36. The molecular formula is C13H18ClNOS. The van der Waals surface area contributed by atoms with Gasteiger partial charge in [0.25, 0.3) is 0 Å². The molecule has 3 atom stereocenters. The van der Waals surface area contributed by atoms with Crippen molar-refractivity contribution in [2.75, 3.05) is 0 Å². The Balaban J connectivity index is 2.15. The average Bonchev–Trinajstić information content (AvgIpc) is 2.54. The first-order chi connectivity index (χ1) is 8.18. The number of halogens is 1. The van der Waals surface area contributed by atoms with E-state index in [1.165, 1.54) is 6.42 Å². The molecule has 0 radical (unpaired) electrons. The third-order valence-corrected chi connectivity index (χ3v) is 5.45. The lowest BCUT2D eigenvalue weighted by molar-refractivity contribution is 0.575. The van der Waals surface area contributed by atoms with Crippen molar-refractivity contribution >= 4 is 22.4 Å². The molecule has 1 aliphatic rings. The average molecular weight is 272 g/mol. The molecule has 2 nitrogen and oxygen atoms in total. The van der Waals surface area contributed by atoms with Crippen LogP contribution >= 0.6 is 11.6 Å². The molecule has 0 saturated heterocycles. The number of hydrogen-bond donors (Lipinski definition) is 1.